The molecule has 5 nitrogen and oxygen atoms in total. The predicted octanol–water partition coefficient (Wildman–Crippen LogP) is 3.44. The number of aromatic nitrogens is 1. The molecule has 3 rings (SSSR count). The molecule has 2 aromatic rings. The lowest BCUT2D eigenvalue weighted by Crippen LogP contribution is -2.30. The van der Waals surface area contributed by atoms with Crippen LogP contribution < -0.4 is 0 Å². The highest BCUT2D eigenvalue weighted by Crippen LogP contribution is 2.32. The molecule has 1 atom stereocenters. The number of ketones is 1. The third-order valence-electron chi connectivity index (χ3n) is 5.00. The first-order valence-electron chi connectivity index (χ1n) is 8.62. The Bertz CT molecular complexity index is 780. The van der Waals surface area contributed by atoms with Gasteiger partial charge in [0, 0.05) is 11.7 Å². The maximum Gasteiger partial charge on any atom is 0.339 e. The summed E-state index contributed by atoms with van der Waals surface area (Å²) in [5.74, 6) is -0.396. The van der Waals surface area contributed by atoms with E-state index in [1.807, 2.05) is 18.2 Å². The maximum absolute atomic E-state index is 12.8. The molecule has 1 aromatic carbocycles. The lowest BCUT2D eigenvalue weighted by Gasteiger charge is -2.24. The number of Topliss-reactive ketones (excluding diaryl/α,β-unsaturated/α-hetero) is 1. The van der Waals surface area contributed by atoms with Crippen LogP contribution in [0.25, 0.3) is 0 Å². The van der Waals surface area contributed by atoms with E-state index in [2.05, 4.69) is 22.0 Å². The minimum absolute atomic E-state index is 0.0126. The number of aromatic amines is 1. The fourth-order valence-corrected chi connectivity index (χ4v) is 3.77. The second kappa shape index (κ2) is 7.23. The van der Waals surface area contributed by atoms with Crippen LogP contribution in [0, 0.1) is 13.8 Å². The fraction of sp³-hybridized carbons (Fsp3) is 0.400. The summed E-state index contributed by atoms with van der Waals surface area (Å²) in [6.45, 7) is 4.84. The van der Waals surface area contributed by atoms with Gasteiger partial charge in [-0.3, -0.25) is 9.69 Å². The SMILES string of the molecule is COC(=O)c1c(C)[nH]c(C(=O)CN2CCC[C@H]2c2ccccc2)c1C. The Kier molecular flexibility index (Phi) is 5.04. The van der Waals surface area contributed by atoms with Gasteiger partial charge in [0.25, 0.3) is 0 Å². The lowest BCUT2D eigenvalue weighted by atomic mass is 10.0. The zero-order valence-electron chi connectivity index (χ0n) is 15.0. The Morgan fingerprint density at radius 2 is 1.96 bits per heavy atom. The molecule has 1 saturated heterocycles. The first-order chi connectivity index (χ1) is 12.0. The number of benzene rings is 1. The molecule has 0 radical (unpaired) electrons. The van der Waals surface area contributed by atoms with Crippen LogP contribution in [0.5, 0.6) is 0 Å². The van der Waals surface area contributed by atoms with Crippen molar-refractivity contribution in [2.75, 3.05) is 20.2 Å². The number of carbonyl (C=O) groups is 2. The third-order valence-corrected chi connectivity index (χ3v) is 5.00. The van der Waals surface area contributed by atoms with E-state index >= 15 is 0 Å². The molecule has 0 aliphatic carbocycles. The quantitative estimate of drug-likeness (QED) is 0.669. The summed E-state index contributed by atoms with van der Waals surface area (Å²) in [6.07, 6.45) is 2.15. The second-order valence-electron chi connectivity index (χ2n) is 6.58. The number of H-pyrrole nitrogens is 1. The molecular formula is C20H24N2O3. The van der Waals surface area contributed by atoms with Gasteiger partial charge in [0.1, 0.15) is 0 Å². The summed E-state index contributed by atoms with van der Waals surface area (Å²) in [5, 5.41) is 0. The number of hydrogen-bond acceptors (Lipinski definition) is 4. The molecule has 1 aromatic heterocycles. The highest BCUT2D eigenvalue weighted by atomic mass is 16.5. The van der Waals surface area contributed by atoms with Crippen LogP contribution in [-0.4, -0.2) is 41.8 Å². The van der Waals surface area contributed by atoms with Crippen molar-refractivity contribution in [2.45, 2.75) is 32.7 Å². The standard InChI is InChI=1S/C20H24N2O3/c1-13-18(20(24)25-3)14(2)21-19(13)17(23)12-22-11-7-10-16(22)15-8-5-4-6-9-15/h4-6,8-9,16,21H,7,10-12H2,1-3H3/t16-/m0/s1. The summed E-state index contributed by atoms with van der Waals surface area (Å²) in [6, 6.07) is 10.6. The third kappa shape index (κ3) is 3.37. The molecule has 132 valence electrons. The van der Waals surface area contributed by atoms with Crippen molar-refractivity contribution >= 4 is 11.8 Å². The smallest absolute Gasteiger partial charge is 0.339 e. The van der Waals surface area contributed by atoms with Crippen LogP contribution >= 0.6 is 0 Å². The van der Waals surface area contributed by atoms with Crippen LogP contribution in [0.2, 0.25) is 0 Å². The predicted molar refractivity (Wildman–Crippen MR) is 95.9 cm³/mol. The Labute approximate surface area is 148 Å². The Balaban J connectivity index is 1.79. The Hall–Kier alpha value is -2.40. The van der Waals surface area contributed by atoms with Gasteiger partial charge in [0.15, 0.2) is 5.78 Å². The van der Waals surface area contributed by atoms with Gasteiger partial charge >= 0.3 is 5.97 Å². The van der Waals surface area contributed by atoms with Crippen molar-refractivity contribution in [1.29, 1.82) is 0 Å². The fourth-order valence-electron chi connectivity index (χ4n) is 3.77. The number of ether oxygens (including phenoxy) is 1. The monoisotopic (exact) mass is 340 g/mol. The van der Waals surface area contributed by atoms with Gasteiger partial charge in [-0.15, -0.1) is 0 Å². The second-order valence-corrected chi connectivity index (χ2v) is 6.58. The van der Waals surface area contributed by atoms with Crippen LogP contribution in [0.1, 0.15) is 56.6 Å². The van der Waals surface area contributed by atoms with E-state index in [-0.39, 0.29) is 11.8 Å². The summed E-state index contributed by atoms with van der Waals surface area (Å²) in [7, 11) is 1.35. The van der Waals surface area contributed by atoms with E-state index in [0.29, 0.717) is 29.1 Å². The van der Waals surface area contributed by atoms with Crippen molar-refractivity contribution < 1.29 is 14.3 Å². The van der Waals surface area contributed by atoms with Crippen LogP contribution in [0.3, 0.4) is 0 Å². The molecule has 0 unspecified atom stereocenters. The molecule has 25 heavy (non-hydrogen) atoms. The van der Waals surface area contributed by atoms with Crippen molar-refractivity contribution in [3.05, 3.63) is 58.4 Å². The van der Waals surface area contributed by atoms with E-state index in [1.54, 1.807) is 13.8 Å². The van der Waals surface area contributed by atoms with Crippen molar-refractivity contribution in [3.8, 4) is 0 Å². The van der Waals surface area contributed by atoms with Gasteiger partial charge < -0.3 is 9.72 Å². The topological polar surface area (TPSA) is 62.4 Å². The molecule has 1 N–H and O–H groups in total. The minimum Gasteiger partial charge on any atom is -0.465 e. The number of aryl methyl sites for hydroxylation is 1. The van der Waals surface area contributed by atoms with Crippen molar-refractivity contribution in [1.82, 2.24) is 9.88 Å². The number of methoxy groups -OCH3 is 1. The number of hydrogen-bond donors (Lipinski definition) is 1. The molecule has 0 saturated carbocycles. The largest absolute Gasteiger partial charge is 0.465 e. The van der Waals surface area contributed by atoms with Gasteiger partial charge in [-0.05, 0) is 44.4 Å². The van der Waals surface area contributed by atoms with Gasteiger partial charge in [0.2, 0.25) is 0 Å². The van der Waals surface area contributed by atoms with Gasteiger partial charge in [-0.2, -0.15) is 0 Å². The van der Waals surface area contributed by atoms with Gasteiger partial charge in [-0.25, -0.2) is 4.79 Å². The summed E-state index contributed by atoms with van der Waals surface area (Å²) in [5.41, 5.74) is 3.57. The number of rotatable bonds is 5. The van der Waals surface area contributed by atoms with Crippen LogP contribution in [-0.2, 0) is 4.74 Å². The molecule has 2 heterocycles. The molecular weight excluding hydrogens is 316 g/mol. The number of likely N-dealkylation sites (tertiary alicyclic amines) is 1. The summed E-state index contributed by atoms with van der Waals surface area (Å²) in [4.78, 5) is 30.1. The minimum atomic E-state index is -0.409. The average molecular weight is 340 g/mol. The zero-order valence-corrected chi connectivity index (χ0v) is 15.0. The van der Waals surface area contributed by atoms with E-state index in [0.717, 1.165) is 19.4 Å². The van der Waals surface area contributed by atoms with E-state index < -0.39 is 5.97 Å². The van der Waals surface area contributed by atoms with Gasteiger partial charge in [0.05, 0.1) is 24.9 Å². The molecule has 1 fully saturated rings. The summed E-state index contributed by atoms with van der Waals surface area (Å²) >= 11 is 0. The van der Waals surface area contributed by atoms with E-state index in [1.165, 1.54) is 12.7 Å². The number of nitrogens with zero attached hydrogens (tertiary/aromatic N) is 1. The van der Waals surface area contributed by atoms with Gasteiger partial charge in [-0.1, -0.05) is 30.3 Å². The van der Waals surface area contributed by atoms with Crippen molar-refractivity contribution in [2.24, 2.45) is 0 Å². The Morgan fingerprint density at radius 1 is 1.24 bits per heavy atom. The molecule has 0 bridgehead atoms. The first kappa shape index (κ1) is 17.4. The highest BCUT2D eigenvalue weighted by Gasteiger charge is 2.29. The summed E-state index contributed by atoms with van der Waals surface area (Å²) < 4.78 is 4.82. The van der Waals surface area contributed by atoms with E-state index in [9.17, 15) is 9.59 Å². The molecule has 5 heteroatoms. The average Bonchev–Trinajstić information content (AvgIpc) is 3.19. The molecule has 1 aliphatic heterocycles. The van der Waals surface area contributed by atoms with Crippen LogP contribution in [0.4, 0.5) is 0 Å². The first-order valence-corrected chi connectivity index (χ1v) is 8.62. The lowest BCUT2D eigenvalue weighted by molar-refractivity contribution is 0.0599. The van der Waals surface area contributed by atoms with Crippen molar-refractivity contribution in [3.63, 3.8) is 0 Å². The molecule has 1 aliphatic rings. The highest BCUT2D eigenvalue weighted by molar-refractivity contribution is 6.02. The van der Waals surface area contributed by atoms with Crippen LogP contribution in [0.15, 0.2) is 30.3 Å². The Morgan fingerprint density at radius 3 is 2.64 bits per heavy atom. The molecule has 0 spiro atoms. The number of carbonyl (C=O) groups excluding carboxylic acids is 2. The number of nitrogens with one attached hydrogen (secondary N) is 1. The number of esters is 1. The maximum atomic E-state index is 12.8. The normalized spacial score (nSPS) is 17.6. The zero-order chi connectivity index (χ0) is 18.0. The van der Waals surface area contributed by atoms with E-state index in [4.69, 9.17) is 4.74 Å². The molecule has 0 amide bonds.